The number of hydrogen-bond acceptors (Lipinski definition) is 3. The summed E-state index contributed by atoms with van der Waals surface area (Å²) in [5.41, 5.74) is 2.54. The third-order valence-corrected chi connectivity index (χ3v) is 3.28. The summed E-state index contributed by atoms with van der Waals surface area (Å²) < 4.78 is 0. The molecule has 1 unspecified atom stereocenters. The van der Waals surface area contributed by atoms with Crippen molar-refractivity contribution in [3.63, 3.8) is 0 Å². The van der Waals surface area contributed by atoms with Gasteiger partial charge in [0.25, 0.3) is 0 Å². The van der Waals surface area contributed by atoms with Gasteiger partial charge >= 0.3 is 0 Å². The lowest BCUT2D eigenvalue weighted by Crippen LogP contribution is -2.47. The molecule has 1 atom stereocenters. The van der Waals surface area contributed by atoms with Crippen molar-refractivity contribution in [1.82, 2.24) is 10.6 Å². The second kappa shape index (κ2) is 6.52. The van der Waals surface area contributed by atoms with E-state index in [4.69, 9.17) is 5.11 Å². The molecule has 0 aliphatic carbocycles. The highest BCUT2D eigenvalue weighted by molar-refractivity contribution is 5.82. The second-order valence-corrected chi connectivity index (χ2v) is 4.63. The van der Waals surface area contributed by atoms with E-state index in [2.05, 4.69) is 22.8 Å². The number of carbonyl (C=O) groups excluding carboxylic acids is 1. The fourth-order valence-corrected chi connectivity index (χ4v) is 2.21. The van der Waals surface area contributed by atoms with Crippen molar-refractivity contribution < 1.29 is 9.90 Å². The average molecular weight is 248 g/mol. The van der Waals surface area contributed by atoms with Crippen molar-refractivity contribution in [1.29, 1.82) is 0 Å². The van der Waals surface area contributed by atoms with Crippen molar-refractivity contribution >= 4 is 5.91 Å². The number of carbonyl (C=O) groups is 1. The Balaban J connectivity index is 1.83. The molecular weight excluding hydrogens is 228 g/mol. The number of nitrogens with one attached hydrogen (secondary N) is 2. The molecule has 4 heteroatoms. The van der Waals surface area contributed by atoms with Crippen LogP contribution in [0.4, 0.5) is 0 Å². The Kier molecular flexibility index (Phi) is 4.73. The van der Waals surface area contributed by atoms with Crippen LogP contribution in [0.25, 0.3) is 0 Å². The van der Waals surface area contributed by atoms with Crippen LogP contribution in [0.1, 0.15) is 24.0 Å². The lowest BCUT2D eigenvalue weighted by atomic mass is 9.95. The Hall–Kier alpha value is -1.39. The van der Waals surface area contributed by atoms with Crippen molar-refractivity contribution in [3.05, 3.63) is 35.4 Å². The van der Waals surface area contributed by atoms with Gasteiger partial charge in [0.05, 0.1) is 6.04 Å². The van der Waals surface area contributed by atoms with Gasteiger partial charge in [-0.05, 0) is 30.4 Å². The summed E-state index contributed by atoms with van der Waals surface area (Å²) in [7, 11) is 0. The monoisotopic (exact) mass is 248 g/mol. The first-order valence-corrected chi connectivity index (χ1v) is 6.50. The zero-order valence-corrected chi connectivity index (χ0v) is 10.5. The first kappa shape index (κ1) is 13.1. The first-order valence-electron chi connectivity index (χ1n) is 6.50. The summed E-state index contributed by atoms with van der Waals surface area (Å²) in [4.78, 5) is 11.9. The molecule has 0 spiro atoms. The molecule has 1 aromatic carbocycles. The van der Waals surface area contributed by atoms with E-state index >= 15 is 0 Å². The van der Waals surface area contributed by atoms with E-state index in [1.54, 1.807) is 0 Å². The van der Waals surface area contributed by atoms with Crippen LogP contribution < -0.4 is 10.6 Å². The molecule has 0 radical (unpaired) electrons. The number of unbranched alkanes of at least 4 members (excludes halogenated alkanes) is 1. The van der Waals surface area contributed by atoms with Crippen molar-refractivity contribution in [2.75, 3.05) is 13.2 Å². The van der Waals surface area contributed by atoms with Gasteiger partial charge in [-0.3, -0.25) is 4.79 Å². The number of benzene rings is 1. The van der Waals surface area contributed by atoms with Crippen molar-refractivity contribution in [2.24, 2.45) is 0 Å². The molecule has 98 valence electrons. The third kappa shape index (κ3) is 3.31. The summed E-state index contributed by atoms with van der Waals surface area (Å²) in [6, 6.07) is 8.09. The van der Waals surface area contributed by atoms with Crippen LogP contribution in [0.3, 0.4) is 0 Å². The van der Waals surface area contributed by atoms with Crippen LogP contribution in [0.2, 0.25) is 0 Å². The SMILES string of the molecule is O=C(NCCCCO)C1Cc2ccccc2CN1. The zero-order chi connectivity index (χ0) is 12.8. The van der Waals surface area contributed by atoms with Gasteiger partial charge in [0.2, 0.25) is 5.91 Å². The van der Waals surface area contributed by atoms with Gasteiger partial charge in [0, 0.05) is 19.7 Å². The van der Waals surface area contributed by atoms with Crippen LogP contribution >= 0.6 is 0 Å². The van der Waals surface area contributed by atoms with Gasteiger partial charge in [-0.1, -0.05) is 24.3 Å². The van der Waals surface area contributed by atoms with E-state index in [1.165, 1.54) is 11.1 Å². The standard InChI is InChI=1S/C14H20N2O2/c17-8-4-3-7-15-14(18)13-9-11-5-1-2-6-12(11)10-16-13/h1-2,5-6,13,16-17H,3-4,7-10H2,(H,15,18). The van der Waals surface area contributed by atoms with E-state index in [0.29, 0.717) is 6.54 Å². The molecule has 4 nitrogen and oxygen atoms in total. The van der Waals surface area contributed by atoms with Crippen LogP contribution in [0.15, 0.2) is 24.3 Å². The second-order valence-electron chi connectivity index (χ2n) is 4.63. The summed E-state index contributed by atoms with van der Waals surface area (Å²) in [6.45, 7) is 1.58. The number of amides is 1. The highest BCUT2D eigenvalue weighted by atomic mass is 16.2. The minimum Gasteiger partial charge on any atom is -0.396 e. The highest BCUT2D eigenvalue weighted by Gasteiger charge is 2.23. The molecule has 0 saturated carbocycles. The maximum Gasteiger partial charge on any atom is 0.237 e. The Labute approximate surface area is 107 Å². The van der Waals surface area contributed by atoms with E-state index < -0.39 is 0 Å². The molecule has 0 fully saturated rings. The fraction of sp³-hybridized carbons (Fsp3) is 0.500. The molecule has 1 amide bonds. The van der Waals surface area contributed by atoms with E-state index in [-0.39, 0.29) is 18.6 Å². The normalized spacial score (nSPS) is 18.2. The minimum absolute atomic E-state index is 0.0578. The van der Waals surface area contributed by atoms with Gasteiger partial charge in [-0.25, -0.2) is 0 Å². The molecule has 18 heavy (non-hydrogen) atoms. The van der Waals surface area contributed by atoms with E-state index in [9.17, 15) is 4.79 Å². The summed E-state index contributed by atoms with van der Waals surface area (Å²) in [5, 5.41) is 14.8. The average Bonchev–Trinajstić information content (AvgIpc) is 2.43. The predicted octanol–water partition coefficient (Wildman–Crippen LogP) is 0.590. The van der Waals surface area contributed by atoms with Gasteiger partial charge in [0.1, 0.15) is 0 Å². The van der Waals surface area contributed by atoms with Crippen LogP contribution in [-0.4, -0.2) is 30.2 Å². The quantitative estimate of drug-likeness (QED) is 0.668. The molecule has 0 saturated heterocycles. The Morgan fingerprint density at radius 1 is 1.33 bits per heavy atom. The third-order valence-electron chi connectivity index (χ3n) is 3.28. The minimum atomic E-state index is -0.131. The van der Waals surface area contributed by atoms with Crippen LogP contribution in [0, 0.1) is 0 Å². The number of aliphatic hydroxyl groups is 1. The van der Waals surface area contributed by atoms with Gasteiger partial charge in [-0.2, -0.15) is 0 Å². The lowest BCUT2D eigenvalue weighted by Gasteiger charge is -2.25. The number of fused-ring (bicyclic) bond motifs is 1. The molecule has 1 aliphatic heterocycles. The Morgan fingerprint density at radius 2 is 2.11 bits per heavy atom. The molecular formula is C14H20N2O2. The molecule has 0 bridgehead atoms. The number of rotatable bonds is 5. The first-order chi connectivity index (χ1) is 8.81. The maximum absolute atomic E-state index is 11.9. The number of hydrogen-bond donors (Lipinski definition) is 3. The van der Waals surface area contributed by atoms with Crippen molar-refractivity contribution in [3.8, 4) is 0 Å². The molecule has 1 aromatic rings. The molecule has 2 rings (SSSR count). The Bertz CT molecular complexity index is 407. The molecule has 1 heterocycles. The fourth-order valence-electron chi connectivity index (χ4n) is 2.21. The maximum atomic E-state index is 11.9. The molecule has 3 N–H and O–H groups in total. The predicted molar refractivity (Wildman–Crippen MR) is 70.1 cm³/mol. The summed E-state index contributed by atoms with van der Waals surface area (Å²) in [6.07, 6.45) is 2.31. The summed E-state index contributed by atoms with van der Waals surface area (Å²) in [5.74, 6) is 0.0578. The lowest BCUT2D eigenvalue weighted by molar-refractivity contribution is -0.123. The van der Waals surface area contributed by atoms with Gasteiger partial charge in [0.15, 0.2) is 0 Å². The zero-order valence-electron chi connectivity index (χ0n) is 10.5. The molecule has 1 aliphatic rings. The van der Waals surface area contributed by atoms with Gasteiger partial charge in [-0.15, -0.1) is 0 Å². The topological polar surface area (TPSA) is 61.4 Å². The van der Waals surface area contributed by atoms with E-state index in [0.717, 1.165) is 25.8 Å². The summed E-state index contributed by atoms with van der Waals surface area (Å²) >= 11 is 0. The number of aliphatic hydroxyl groups excluding tert-OH is 1. The van der Waals surface area contributed by atoms with Crippen molar-refractivity contribution in [2.45, 2.75) is 31.8 Å². The van der Waals surface area contributed by atoms with Gasteiger partial charge < -0.3 is 15.7 Å². The highest BCUT2D eigenvalue weighted by Crippen LogP contribution is 2.16. The Morgan fingerprint density at radius 3 is 2.89 bits per heavy atom. The molecule has 0 aromatic heterocycles. The van der Waals surface area contributed by atoms with E-state index in [1.807, 2.05) is 12.1 Å². The van der Waals surface area contributed by atoms with Crippen LogP contribution in [0.5, 0.6) is 0 Å². The smallest absolute Gasteiger partial charge is 0.237 e. The largest absolute Gasteiger partial charge is 0.396 e. The van der Waals surface area contributed by atoms with Crippen LogP contribution in [-0.2, 0) is 17.8 Å².